The lowest BCUT2D eigenvalue weighted by molar-refractivity contribution is 0.598. The van der Waals surface area contributed by atoms with Crippen molar-refractivity contribution in [2.24, 2.45) is 0 Å². The minimum atomic E-state index is -3.82. The Bertz CT molecular complexity index is 728. The van der Waals surface area contributed by atoms with Crippen LogP contribution in [-0.2, 0) is 10.0 Å². The number of benzene rings is 1. The lowest BCUT2D eigenvalue weighted by Crippen LogP contribution is -2.14. The van der Waals surface area contributed by atoms with Crippen LogP contribution in [0.25, 0.3) is 0 Å². The molecule has 0 fully saturated rings. The number of nitrogens with one attached hydrogen (secondary N) is 2. The van der Waals surface area contributed by atoms with E-state index in [0.717, 1.165) is 17.8 Å². The summed E-state index contributed by atoms with van der Waals surface area (Å²) in [4.78, 5) is -0.0482. The number of aromatic amines is 1. The first-order chi connectivity index (χ1) is 9.29. The SMILES string of the molecule is CC(C)c1cc(NS(=O)(=O)c2ccc(F)cc2Br)n[nH]1. The third-order valence-electron chi connectivity index (χ3n) is 2.64. The van der Waals surface area contributed by atoms with Gasteiger partial charge in [0.2, 0.25) is 0 Å². The van der Waals surface area contributed by atoms with Gasteiger partial charge in [0.1, 0.15) is 10.7 Å². The summed E-state index contributed by atoms with van der Waals surface area (Å²) in [5, 5.41) is 6.65. The van der Waals surface area contributed by atoms with E-state index in [1.54, 1.807) is 6.07 Å². The number of nitrogens with zero attached hydrogens (tertiary/aromatic N) is 1. The molecule has 1 heterocycles. The van der Waals surface area contributed by atoms with Crippen molar-refractivity contribution in [3.63, 3.8) is 0 Å². The fraction of sp³-hybridized carbons (Fsp3) is 0.250. The van der Waals surface area contributed by atoms with Crippen LogP contribution < -0.4 is 4.72 Å². The molecule has 0 aliphatic rings. The summed E-state index contributed by atoms with van der Waals surface area (Å²) in [5.41, 5.74) is 0.820. The van der Waals surface area contributed by atoms with Gasteiger partial charge in [-0.1, -0.05) is 13.8 Å². The van der Waals surface area contributed by atoms with Gasteiger partial charge >= 0.3 is 0 Å². The topological polar surface area (TPSA) is 74.8 Å². The third kappa shape index (κ3) is 3.18. The monoisotopic (exact) mass is 361 g/mol. The Morgan fingerprint density at radius 2 is 2.05 bits per heavy atom. The Balaban J connectivity index is 2.30. The molecule has 0 aliphatic carbocycles. The molecule has 2 N–H and O–H groups in total. The first-order valence-corrected chi connectivity index (χ1v) is 8.10. The number of hydrogen-bond donors (Lipinski definition) is 2. The van der Waals surface area contributed by atoms with Gasteiger partial charge in [-0.25, -0.2) is 12.8 Å². The van der Waals surface area contributed by atoms with Crippen LogP contribution in [0.15, 0.2) is 33.6 Å². The molecule has 0 radical (unpaired) electrons. The molecule has 8 heteroatoms. The van der Waals surface area contributed by atoms with Crippen molar-refractivity contribution in [1.82, 2.24) is 10.2 Å². The van der Waals surface area contributed by atoms with Crippen molar-refractivity contribution in [2.45, 2.75) is 24.7 Å². The first-order valence-electron chi connectivity index (χ1n) is 5.83. The quantitative estimate of drug-likeness (QED) is 0.877. The largest absolute Gasteiger partial charge is 0.280 e. The van der Waals surface area contributed by atoms with Crippen LogP contribution in [0.5, 0.6) is 0 Å². The zero-order valence-corrected chi connectivity index (χ0v) is 13.2. The van der Waals surface area contributed by atoms with Crippen LogP contribution in [0.4, 0.5) is 10.2 Å². The Kier molecular flexibility index (Phi) is 4.14. The van der Waals surface area contributed by atoms with Gasteiger partial charge in [0.25, 0.3) is 10.0 Å². The predicted octanol–water partition coefficient (Wildman–Crippen LogP) is 3.24. The molecule has 108 valence electrons. The van der Waals surface area contributed by atoms with Crippen LogP contribution in [0.2, 0.25) is 0 Å². The zero-order valence-electron chi connectivity index (χ0n) is 10.8. The minimum Gasteiger partial charge on any atom is -0.280 e. The van der Waals surface area contributed by atoms with Crippen LogP contribution in [0.1, 0.15) is 25.5 Å². The van der Waals surface area contributed by atoms with Crippen molar-refractivity contribution in [3.05, 3.63) is 40.2 Å². The van der Waals surface area contributed by atoms with Gasteiger partial charge in [0.05, 0.1) is 0 Å². The average Bonchev–Trinajstić information content (AvgIpc) is 2.76. The van der Waals surface area contributed by atoms with E-state index in [9.17, 15) is 12.8 Å². The molecular weight excluding hydrogens is 349 g/mol. The van der Waals surface area contributed by atoms with Gasteiger partial charge in [0, 0.05) is 16.2 Å². The van der Waals surface area contributed by atoms with E-state index < -0.39 is 15.8 Å². The summed E-state index contributed by atoms with van der Waals surface area (Å²) in [6, 6.07) is 5.00. The van der Waals surface area contributed by atoms with E-state index in [2.05, 4.69) is 30.8 Å². The number of sulfonamides is 1. The molecule has 0 unspecified atom stereocenters. The van der Waals surface area contributed by atoms with Crippen LogP contribution in [-0.4, -0.2) is 18.6 Å². The number of rotatable bonds is 4. The standard InChI is InChI=1S/C12H13BrFN3O2S/c1-7(2)10-6-12(16-15-10)17-20(18,19)11-4-3-8(14)5-9(11)13/h3-7H,1-2H3,(H2,15,16,17). The second-order valence-corrected chi connectivity index (χ2v) is 7.05. The second-order valence-electron chi connectivity index (χ2n) is 4.54. The maximum absolute atomic E-state index is 13.0. The number of halogens is 2. The van der Waals surface area contributed by atoms with E-state index in [0.29, 0.717) is 0 Å². The molecule has 0 saturated heterocycles. The highest BCUT2D eigenvalue weighted by molar-refractivity contribution is 9.10. The molecular formula is C12H13BrFN3O2S. The highest BCUT2D eigenvalue weighted by atomic mass is 79.9. The third-order valence-corrected chi connectivity index (χ3v) is 4.97. The molecule has 1 aromatic heterocycles. The van der Waals surface area contributed by atoms with Gasteiger partial charge in [-0.2, -0.15) is 5.10 Å². The molecule has 0 bridgehead atoms. The summed E-state index contributed by atoms with van der Waals surface area (Å²) in [6.45, 7) is 3.92. The van der Waals surface area contributed by atoms with E-state index >= 15 is 0 Å². The fourth-order valence-electron chi connectivity index (χ4n) is 1.57. The first kappa shape index (κ1) is 15.0. The Labute approximate surface area is 124 Å². The maximum atomic E-state index is 13.0. The van der Waals surface area contributed by atoms with Crippen molar-refractivity contribution in [3.8, 4) is 0 Å². The fourth-order valence-corrected chi connectivity index (χ4v) is 3.61. The van der Waals surface area contributed by atoms with Crippen molar-refractivity contribution in [1.29, 1.82) is 0 Å². The van der Waals surface area contributed by atoms with Crippen molar-refractivity contribution < 1.29 is 12.8 Å². The number of H-pyrrole nitrogens is 1. The normalized spacial score (nSPS) is 11.8. The van der Waals surface area contributed by atoms with Gasteiger partial charge in [-0.3, -0.25) is 9.82 Å². The summed E-state index contributed by atoms with van der Waals surface area (Å²) in [5.74, 6) is -0.110. The molecule has 0 amide bonds. The van der Waals surface area contributed by atoms with E-state index in [1.165, 1.54) is 6.07 Å². The summed E-state index contributed by atoms with van der Waals surface area (Å²) in [6.07, 6.45) is 0. The van der Waals surface area contributed by atoms with Gasteiger partial charge in [-0.15, -0.1) is 0 Å². The predicted molar refractivity (Wildman–Crippen MR) is 77.6 cm³/mol. The molecule has 0 aliphatic heterocycles. The van der Waals surface area contributed by atoms with Gasteiger partial charge in [0.15, 0.2) is 5.82 Å². The molecule has 2 aromatic rings. The molecule has 20 heavy (non-hydrogen) atoms. The number of aromatic nitrogens is 2. The smallest absolute Gasteiger partial charge is 0.264 e. The van der Waals surface area contributed by atoms with Crippen LogP contribution in [0.3, 0.4) is 0 Å². The minimum absolute atomic E-state index is 0.0482. The summed E-state index contributed by atoms with van der Waals surface area (Å²) in [7, 11) is -3.82. The Hall–Kier alpha value is -1.41. The van der Waals surface area contributed by atoms with Crippen molar-refractivity contribution >= 4 is 31.8 Å². The Morgan fingerprint density at radius 3 is 2.60 bits per heavy atom. The van der Waals surface area contributed by atoms with Crippen LogP contribution in [0, 0.1) is 5.82 Å². The molecule has 1 aromatic carbocycles. The van der Waals surface area contributed by atoms with Gasteiger partial charge < -0.3 is 0 Å². The molecule has 0 spiro atoms. The highest BCUT2D eigenvalue weighted by Crippen LogP contribution is 2.25. The molecule has 2 rings (SSSR count). The molecule has 0 atom stereocenters. The highest BCUT2D eigenvalue weighted by Gasteiger charge is 2.19. The lowest BCUT2D eigenvalue weighted by Gasteiger charge is -2.07. The van der Waals surface area contributed by atoms with Crippen molar-refractivity contribution in [2.75, 3.05) is 4.72 Å². The lowest BCUT2D eigenvalue weighted by atomic mass is 10.1. The van der Waals surface area contributed by atoms with E-state index in [1.807, 2.05) is 13.8 Å². The second kappa shape index (κ2) is 5.53. The van der Waals surface area contributed by atoms with E-state index in [4.69, 9.17) is 0 Å². The zero-order chi connectivity index (χ0) is 14.9. The summed E-state index contributed by atoms with van der Waals surface area (Å²) >= 11 is 3.04. The van der Waals surface area contributed by atoms with Gasteiger partial charge in [-0.05, 0) is 40.0 Å². The number of hydrogen-bond acceptors (Lipinski definition) is 3. The Morgan fingerprint density at radius 1 is 1.35 bits per heavy atom. The van der Waals surface area contributed by atoms with E-state index in [-0.39, 0.29) is 21.1 Å². The van der Waals surface area contributed by atoms with Crippen LogP contribution >= 0.6 is 15.9 Å². The molecule has 0 saturated carbocycles. The average molecular weight is 362 g/mol. The number of anilines is 1. The molecule has 5 nitrogen and oxygen atoms in total. The summed E-state index contributed by atoms with van der Waals surface area (Å²) < 4.78 is 39.9. The maximum Gasteiger partial charge on any atom is 0.264 e.